The monoisotopic (exact) mass is 343 g/mol. The number of amides is 1. The lowest BCUT2D eigenvalue weighted by atomic mass is 10.1. The number of H-pyrrole nitrogens is 1. The maximum absolute atomic E-state index is 12.6. The van der Waals surface area contributed by atoms with Gasteiger partial charge in [0.25, 0.3) is 11.5 Å². The van der Waals surface area contributed by atoms with Crippen molar-refractivity contribution in [1.82, 2.24) is 24.5 Å². The number of aromatic nitrogens is 4. The Kier molecular flexibility index (Phi) is 3.68. The Bertz CT molecular complexity index is 943. The van der Waals surface area contributed by atoms with Crippen molar-refractivity contribution >= 4 is 22.9 Å². The van der Waals surface area contributed by atoms with E-state index in [1.54, 1.807) is 17.0 Å². The molecule has 7 nitrogen and oxygen atoms in total. The van der Waals surface area contributed by atoms with E-state index >= 15 is 0 Å². The van der Waals surface area contributed by atoms with Crippen molar-refractivity contribution < 1.29 is 4.79 Å². The highest BCUT2D eigenvalue weighted by Gasteiger charge is 2.32. The van der Waals surface area contributed by atoms with Gasteiger partial charge in [-0.3, -0.25) is 14.7 Å². The van der Waals surface area contributed by atoms with Crippen LogP contribution in [0, 0.1) is 0 Å². The number of carbonyl (C=O) groups excluding carboxylic acids is 1. The number of hydrogen-bond acceptors (Lipinski definition) is 5. The Hall–Kier alpha value is -2.48. The lowest BCUT2D eigenvalue weighted by Gasteiger charge is -2.22. The number of likely N-dealkylation sites (tertiary alicyclic amines) is 1. The Morgan fingerprint density at radius 2 is 2.33 bits per heavy atom. The quantitative estimate of drug-likeness (QED) is 0.788. The van der Waals surface area contributed by atoms with Gasteiger partial charge in [0.05, 0.1) is 17.2 Å². The molecular formula is C16H17N5O2S. The predicted molar refractivity (Wildman–Crippen MR) is 90.3 cm³/mol. The summed E-state index contributed by atoms with van der Waals surface area (Å²) < 4.78 is 1.44. The number of carbonyl (C=O) groups is 1. The maximum Gasteiger partial charge on any atom is 0.273 e. The molecule has 0 saturated carbocycles. The molecule has 0 aromatic carbocycles. The molecule has 0 radical (unpaired) electrons. The number of rotatable bonds is 3. The van der Waals surface area contributed by atoms with Gasteiger partial charge < -0.3 is 4.90 Å². The van der Waals surface area contributed by atoms with E-state index in [0.29, 0.717) is 24.3 Å². The van der Waals surface area contributed by atoms with Gasteiger partial charge in [-0.05, 0) is 19.3 Å². The molecule has 0 bridgehead atoms. The van der Waals surface area contributed by atoms with E-state index in [2.05, 4.69) is 15.1 Å². The fourth-order valence-corrected chi connectivity index (χ4v) is 3.74. The van der Waals surface area contributed by atoms with E-state index in [1.165, 1.54) is 15.9 Å². The van der Waals surface area contributed by atoms with Crippen molar-refractivity contribution in [2.24, 2.45) is 0 Å². The van der Waals surface area contributed by atoms with E-state index in [1.807, 2.05) is 17.9 Å². The third-order valence-electron chi connectivity index (χ3n) is 4.41. The van der Waals surface area contributed by atoms with Crippen molar-refractivity contribution in [3.05, 3.63) is 50.5 Å². The first kappa shape index (κ1) is 15.1. The summed E-state index contributed by atoms with van der Waals surface area (Å²) in [7, 11) is 0. The average Bonchev–Trinajstić information content (AvgIpc) is 3.31. The first-order valence-corrected chi connectivity index (χ1v) is 8.92. The van der Waals surface area contributed by atoms with Crippen LogP contribution in [0.25, 0.3) is 5.65 Å². The number of thiazole rings is 1. The molecule has 124 valence electrons. The predicted octanol–water partition coefficient (Wildman–Crippen LogP) is 2.02. The molecule has 0 unspecified atom stereocenters. The highest BCUT2D eigenvalue weighted by Crippen LogP contribution is 2.32. The van der Waals surface area contributed by atoms with Gasteiger partial charge in [-0.25, -0.2) is 14.5 Å². The van der Waals surface area contributed by atoms with Crippen LogP contribution in [0.3, 0.4) is 0 Å². The normalized spacial score (nSPS) is 17.7. The van der Waals surface area contributed by atoms with Crippen LogP contribution >= 0.6 is 11.3 Å². The summed E-state index contributed by atoms with van der Waals surface area (Å²) in [5, 5.41) is 4.88. The molecule has 1 atom stereocenters. The van der Waals surface area contributed by atoms with E-state index in [0.717, 1.165) is 24.2 Å². The van der Waals surface area contributed by atoms with Crippen LogP contribution in [-0.4, -0.2) is 36.9 Å². The van der Waals surface area contributed by atoms with Gasteiger partial charge >= 0.3 is 0 Å². The Morgan fingerprint density at radius 1 is 1.46 bits per heavy atom. The minimum Gasteiger partial charge on any atom is -0.329 e. The summed E-state index contributed by atoms with van der Waals surface area (Å²) in [6.07, 6.45) is 2.50. The minimum atomic E-state index is -0.126. The first-order chi connectivity index (χ1) is 11.7. The van der Waals surface area contributed by atoms with Gasteiger partial charge in [-0.2, -0.15) is 0 Å². The maximum atomic E-state index is 12.6. The molecule has 1 aliphatic rings. The lowest BCUT2D eigenvalue weighted by Crippen LogP contribution is -2.31. The van der Waals surface area contributed by atoms with Gasteiger partial charge in [-0.15, -0.1) is 11.3 Å². The fourth-order valence-electron chi connectivity index (χ4n) is 3.21. The van der Waals surface area contributed by atoms with Crippen LogP contribution in [0.2, 0.25) is 0 Å². The zero-order valence-corrected chi connectivity index (χ0v) is 14.0. The standard InChI is InChI=1S/C16H17N5O2S/c1-2-10-6-15(22)21-14(18-10)7-11(19-21)13-4-3-5-20(13)16(23)12-8-24-9-17-12/h6-9,13,19H,2-5H2,1H3/t13-/m1/s1. The summed E-state index contributed by atoms with van der Waals surface area (Å²) in [5.74, 6) is -0.0630. The van der Waals surface area contributed by atoms with Gasteiger partial charge in [0.1, 0.15) is 5.69 Å². The number of hydrogen-bond donors (Lipinski definition) is 1. The summed E-state index contributed by atoms with van der Waals surface area (Å²) in [6, 6.07) is 3.34. The fraction of sp³-hybridized carbons (Fsp3) is 0.375. The highest BCUT2D eigenvalue weighted by atomic mass is 32.1. The molecule has 0 aliphatic carbocycles. The SMILES string of the molecule is CCc1cc(=O)n2[nH]c([C@H]3CCCN3C(=O)c3cscn3)cc2n1. The van der Waals surface area contributed by atoms with Crippen LogP contribution in [0.4, 0.5) is 0 Å². The van der Waals surface area contributed by atoms with Gasteiger partial charge in [0.2, 0.25) is 0 Å². The molecule has 3 aromatic rings. The molecule has 1 aliphatic heterocycles. The third kappa shape index (κ3) is 2.43. The topological polar surface area (TPSA) is 83.4 Å². The molecule has 24 heavy (non-hydrogen) atoms. The van der Waals surface area contributed by atoms with Crippen LogP contribution in [0.5, 0.6) is 0 Å². The lowest BCUT2D eigenvalue weighted by molar-refractivity contribution is 0.0727. The van der Waals surface area contributed by atoms with Crippen molar-refractivity contribution in [3.63, 3.8) is 0 Å². The summed E-state index contributed by atoms with van der Waals surface area (Å²) in [5.41, 5.74) is 4.23. The van der Waals surface area contributed by atoms with Gasteiger partial charge in [0.15, 0.2) is 5.65 Å². The zero-order chi connectivity index (χ0) is 16.7. The number of aromatic amines is 1. The van der Waals surface area contributed by atoms with Crippen LogP contribution in [0.15, 0.2) is 27.8 Å². The van der Waals surface area contributed by atoms with Crippen molar-refractivity contribution in [1.29, 1.82) is 0 Å². The molecule has 8 heteroatoms. The smallest absolute Gasteiger partial charge is 0.273 e. The minimum absolute atomic E-state index is 0.0630. The van der Waals surface area contributed by atoms with Crippen LogP contribution in [-0.2, 0) is 6.42 Å². The van der Waals surface area contributed by atoms with Gasteiger partial charge in [0, 0.05) is 29.8 Å². The average molecular weight is 343 g/mol. The molecule has 1 fully saturated rings. The Balaban J connectivity index is 1.72. The second kappa shape index (κ2) is 5.86. The zero-order valence-electron chi connectivity index (χ0n) is 13.2. The van der Waals surface area contributed by atoms with Crippen molar-refractivity contribution in [2.75, 3.05) is 6.54 Å². The largest absolute Gasteiger partial charge is 0.329 e. The van der Waals surface area contributed by atoms with Crippen LogP contribution < -0.4 is 5.56 Å². The van der Waals surface area contributed by atoms with Crippen molar-refractivity contribution in [3.8, 4) is 0 Å². The highest BCUT2D eigenvalue weighted by molar-refractivity contribution is 7.07. The second-order valence-electron chi connectivity index (χ2n) is 5.87. The van der Waals surface area contributed by atoms with Crippen LogP contribution in [0.1, 0.15) is 47.7 Å². The Morgan fingerprint density at radius 3 is 3.08 bits per heavy atom. The molecule has 3 aromatic heterocycles. The molecule has 0 spiro atoms. The third-order valence-corrected chi connectivity index (χ3v) is 5.00. The molecule has 4 rings (SSSR count). The molecule has 1 N–H and O–H groups in total. The molecule has 1 saturated heterocycles. The van der Waals surface area contributed by atoms with Gasteiger partial charge in [-0.1, -0.05) is 6.92 Å². The van der Waals surface area contributed by atoms with E-state index in [9.17, 15) is 9.59 Å². The number of nitrogens with one attached hydrogen (secondary N) is 1. The number of aryl methyl sites for hydroxylation is 1. The van der Waals surface area contributed by atoms with E-state index in [4.69, 9.17) is 0 Å². The molecular weight excluding hydrogens is 326 g/mol. The molecule has 4 heterocycles. The van der Waals surface area contributed by atoms with E-state index in [-0.39, 0.29) is 17.5 Å². The Labute approximate surface area is 142 Å². The summed E-state index contributed by atoms with van der Waals surface area (Å²) in [4.78, 5) is 35.3. The summed E-state index contributed by atoms with van der Waals surface area (Å²) >= 11 is 1.41. The number of nitrogens with zero attached hydrogens (tertiary/aromatic N) is 4. The first-order valence-electron chi connectivity index (χ1n) is 7.98. The van der Waals surface area contributed by atoms with Crippen molar-refractivity contribution in [2.45, 2.75) is 32.2 Å². The summed E-state index contributed by atoms with van der Waals surface area (Å²) in [6.45, 7) is 2.66. The van der Waals surface area contributed by atoms with E-state index < -0.39 is 0 Å². The second-order valence-corrected chi connectivity index (χ2v) is 6.59. The molecule has 1 amide bonds. The number of fused-ring (bicyclic) bond motifs is 1.